The molecule has 1 amide bonds. The van der Waals surface area contributed by atoms with Gasteiger partial charge < -0.3 is 14.8 Å². The SMILES string of the molecule is CCCCc1ccc(NC(=O)c2ccc(OC)c(COc3ccc4ccccc4c3)c2)cc1. The highest BCUT2D eigenvalue weighted by atomic mass is 16.5. The lowest BCUT2D eigenvalue weighted by Gasteiger charge is -2.13. The second-order valence-electron chi connectivity index (χ2n) is 8.08. The molecule has 4 aromatic rings. The van der Waals surface area contributed by atoms with Crippen molar-refractivity contribution in [3.63, 3.8) is 0 Å². The molecule has 0 unspecified atom stereocenters. The largest absolute Gasteiger partial charge is 0.496 e. The third-order valence-corrected chi connectivity index (χ3v) is 5.69. The maximum Gasteiger partial charge on any atom is 0.255 e. The Labute approximate surface area is 195 Å². The Kier molecular flexibility index (Phi) is 7.26. The van der Waals surface area contributed by atoms with E-state index in [4.69, 9.17) is 9.47 Å². The number of ether oxygens (including phenoxy) is 2. The Hall–Kier alpha value is -3.79. The summed E-state index contributed by atoms with van der Waals surface area (Å²) in [7, 11) is 1.62. The second-order valence-corrected chi connectivity index (χ2v) is 8.08. The van der Waals surface area contributed by atoms with E-state index in [1.165, 1.54) is 23.8 Å². The molecule has 4 nitrogen and oxygen atoms in total. The summed E-state index contributed by atoms with van der Waals surface area (Å²) in [6.07, 6.45) is 3.40. The summed E-state index contributed by atoms with van der Waals surface area (Å²) in [6.45, 7) is 2.49. The van der Waals surface area contributed by atoms with Crippen LogP contribution in [0, 0.1) is 0 Å². The molecule has 33 heavy (non-hydrogen) atoms. The summed E-state index contributed by atoms with van der Waals surface area (Å²) in [5.74, 6) is 1.30. The van der Waals surface area contributed by atoms with Crippen molar-refractivity contribution in [1.82, 2.24) is 0 Å². The Bertz CT molecular complexity index is 1230. The number of nitrogens with one attached hydrogen (secondary N) is 1. The molecule has 0 bridgehead atoms. The van der Waals surface area contributed by atoms with Crippen LogP contribution in [-0.4, -0.2) is 13.0 Å². The van der Waals surface area contributed by atoms with E-state index in [9.17, 15) is 4.79 Å². The predicted octanol–water partition coefficient (Wildman–Crippen LogP) is 7.02. The molecular weight excluding hydrogens is 410 g/mol. The van der Waals surface area contributed by atoms with Crippen molar-refractivity contribution in [1.29, 1.82) is 0 Å². The molecule has 0 aromatic heterocycles. The third-order valence-electron chi connectivity index (χ3n) is 5.69. The molecule has 4 aromatic carbocycles. The number of hydrogen-bond acceptors (Lipinski definition) is 3. The molecule has 4 heteroatoms. The fourth-order valence-electron chi connectivity index (χ4n) is 3.79. The van der Waals surface area contributed by atoms with Gasteiger partial charge in [-0.05, 0) is 71.6 Å². The van der Waals surface area contributed by atoms with Crippen molar-refractivity contribution < 1.29 is 14.3 Å². The Morgan fingerprint density at radius 3 is 2.42 bits per heavy atom. The molecule has 0 fully saturated rings. The molecule has 1 N–H and O–H groups in total. The number of amides is 1. The van der Waals surface area contributed by atoms with Crippen LogP contribution in [0.2, 0.25) is 0 Å². The van der Waals surface area contributed by atoms with E-state index < -0.39 is 0 Å². The van der Waals surface area contributed by atoms with Gasteiger partial charge in [0.2, 0.25) is 0 Å². The maximum absolute atomic E-state index is 12.9. The lowest BCUT2D eigenvalue weighted by Crippen LogP contribution is -2.13. The van der Waals surface area contributed by atoms with Gasteiger partial charge in [0.25, 0.3) is 5.91 Å². The van der Waals surface area contributed by atoms with Gasteiger partial charge >= 0.3 is 0 Å². The third kappa shape index (κ3) is 5.72. The number of hydrogen-bond donors (Lipinski definition) is 1. The van der Waals surface area contributed by atoms with Crippen LogP contribution in [0.15, 0.2) is 84.9 Å². The van der Waals surface area contributed by atoms with Gasteiger partial charge in [0, 0.05) is 16.8 Å². The molecule has 0 aliphatic heterocycles. The van der Waals surface area contributed by atoms with E-state index in [0.29, 0.717) is 17.9 Å². The second kappa shape index (κ2) is 10.7. The summed E-state index contributed by atoms with van der Waals surface area (Å²) >= 11 is 0. The van der Waals surface area contributed by atoms with Crippen LogP contribution >= 0.6 is 0 Å². The topological polar surface area (TPSA) is 47.6 Å². The first-order chi connectivity index (χ1) is 16.2. The van der Waals surface area contributed by atoms with Crippen molar-refractivity contribution in [3.05, 3.63) is 102 Å². The zero-order valence-corrected chi connectivity index (χ0v) is 19.1. The summed E-state index contributed by atoms with van der Waals surface area (Å²) in [5.41, 5.74) is 3.44. The number of fused-ring (bicyclic) bond motifs is 1. The highest BCUT2D eigenvalue weighted by Gasteiger charge is 2.12. The normalized spacial score (nSPS) is 10.7. The molecule has 0 saturated heterocycles. The molecule has 168 valence electrons. The van der Waals surface area contributed by atoms with Crippen LogP contribution in [0.25, 0.3) is 10.8 Å². The number of benzene rings is 4. The lowest BCUT2D eigenvalue weighted by atomic mass is 10.1. The van der Waals surface area contributed by atoms with Crippen LogP contribution < -0.4 is 14.8 Å². The minimum Gasteiger partial charge on any atom is -0.496 e. The highest BCUT2D eigenvalue weighted by Crippen LogP contribution is 2.25. The summed E-state index contributed by atoms with van der Waals surface area (Å²) in [5, 5.41) is 5.27. The summed E-state index contributed by atoms with van der Waals surface area (Å²) in [4.78, 5) is 12.9. The van der Waals surface area contributed by atoms with Crippen molar-refractivity contribution in [3.8, 4) is 11.5 Å². The number of carbonyl (C=O) groups excluding carboxylic acids is 1. The molecule has 0 spiro atoms. The number of aryl methyl sites for hydroxylation is 1. The smallest absolute Gasteiger partial charge is 0.255 e. The first kappa shape index (κ1) is 22.4. The molecule has 0 aliphatic carbocycles. The van der Waals surface area contributed by atoms with E-state index in [0.717, 1.165) is 28.8 Å². The average molecular weight is 440 g/mol. The van der Waals surface area contributed by atoms with Crippen LogP contribution in [0.3, 0.4) is 0 Å². The van der Waals surface area contributed by atoms with Gasteiger partial charge in [0.15, 0.2) is 0 Å². The molecule has 0 radical (unpaired) electrons. The first-order valence-corrected chi connectivity index (χ1v) is 11.3. The van der Waals surface area contributed by atoms with Crippen LogP contribution in [0.4, 0.5) is 5.69 Å². The lowest BCUT2D eigenvalue weighted by molar-refractivity contribution is 0.102. The molecule has 4 rings (SSSR count). The number of rotatable bonds is 9. The van der Waals surface area contributed by atoms with Gasteiger partial charge in [-0.15, -0.1) is 0 Å². The molecule has 0 saturated carbocycles. The van der Waals surface area contributed by atoms with Gasteiger partial charge in [-0.25, -0.2) is 0 Å². The molecule has 0 aliphatic rings. The van der Waals surface area contributed by atoms with E-state index in [2.05, 4.69) is 36.5 Å². The van der Waals surface area contributed by atoms with Crippen LogP contribution in [-0.2, 0) is 13.0 Å². The molecular formula is C29H29NO3. The monoisotopic (exact) mass is 439 g/mol. The average Bonchev–Trinajstić information content (AvgIpc) is 2.86. The minimum absolute atomic E-state index is 0.161. The Balaban J connectivity index is 1.45. The van der Waals surface area contributed by atoms with Gasteiger partial charge in [0.1, 0.15) is 18.1 Å². The van der Waals surface area contributed by atoms with Crippen molar-refractivity contribution >= 4 is 22.4 Å². The number of carbonyl (C=O) groups is 1. The Morgan fingerprint density at radius 2 is 1.67 bits per heavy atom. The van der Waals surface area contributed by atoms with Gasteiger partial charge in [-0.1, -0.05) is 55.8 Å². The van der Waals surface area contributed by atoms with Gasteiger partial charge in [0.05, 0.1) is 7.11 Å². The zero-order valence-electron chi connectivity index (χ0n) is 19.1. The first-order valence-electron chi connectivity index (χ1n) is 11.3. The van der Waals surface area contributed by atoms with Gasteiger partial charge in [-0.2, -0.15) is 0 Å². The number of unbranched alkanes of at least 4 members (excludes halogenated alkanes) is 1. The van der Waals surface area contributed by atoms with E-state index in [1.54, 1.807) is 13.2 Å². The minimum atomic E-state index is -0.161. The van der Waals surface area contributed by atoms with Crippen LogP contribution in [0.5, 0.6) is 11.5 Å². The summed E-state index contributed by atoms with van der Waals surface area (Å²) in [6, 6.07) is 27.6. The fraction of sp³-hybridized carbons (Fsp3) is 0.207. The van der Waals surface area contributed by atoms with E-state index >= 15 is 0 Å². The van der Waals surface area contributed by atoms with Gasteiger partial charge in [-0.3, -0.25) is 4.79 Å². The number of methoxy groups -OCH3 is 1. The molecule has 0 atom stereocenters. The quantitative estimate of drug-likeness (QED) is 0.305. The summed E-state index contributed by atoms with van der Waals surface area (Å²) < 4.78 is 11.5. The Morgan fingerprint density at radius 1 is 0.879 bits per heavy atom. The van der Waals surface area contributed by atoms with Crippen LogP contribution in [0.1, 0.15) is 41.3 Å². The maximum atomic E-state index is 12.9. The molecule has 0 heterocycles. The zero-order chi connectivity index (χ0) is 23.0. The van der Waals surface area contributed by atoms with E-state index in [-0.39, 0.29) is 5.91 Å². The van der Waals surface area contributed by atoms with E-state index in [1.807, 2.05) is 54.6 Å². The fourth-order valence-corrected chi connectivity index (χ4v) is 3.79. The highest BCUT2D eigenvalue weighted by molar-refractivity contribution is 6.04. The van der Waals surface area contributed by atoms with Crippen molar-refractivity contribution in [2.75, 3.05) is 12.4 Å². The number of anilines is 1. The van der Waals surface area contributed by atoms with Crippen molar-refractivity contribution in [2.24, 2.45) is 0 Å². The predicted molar refractivity (Wildman–Crippen MR) is 134 cm³/mol. The standard InChI is InChI=1S/C29H29NO3/c1-3-4-7-21-10-14-26(15-11-21)30-29(31)24-13-17-28(32-2)25(18-24)20-33-27-16-12-22-8-5-6-9-23(22)19-27/h5-6,8-19H,3-4,7,20H2,1-2H3,(H,30,31). The van der Waals surface area contributed by atoms with Crippen molar-refractivity contribution in [2.45, 2.75) is 32.8 Å².